The molecular formula is C15H21N3O6. The van der Waals surface area contributed by atoms with Gasteiger partial charge in [-0.3, -0.25) is 15.0 Å². The van der Waals surface area contributed by atoms with E-state index < -0.39 is 11.9 Å². The third kappa shape index (κ3) is 7.16. The van der Waals surface area contributed by atoms with Crippen molar-refractivity contribution >= 4 is 17.6 Å². The largest absolute Gasteiger partial charge is 0.473 e. The summed E-state index contributed by atoms with van der Waals surface area (Å²) in [5, 5.41) is 25.5. The summed E-state index contributed by atoms with van der Waals surface area (Å²) in [6, 6.07) is 6.94. The number of hydrogen-bond acceptors (Lipinski definition) is 6. The minimum absolute atomic E-state index is 0.180. The van der Waals surface area contributed by atoms with Gasteiger partial charge >= 0.3 is 11.9 Å². The topological polar surface area (TPSA) is 124 Å². The highest BCUT2D eigenvalue weighted by molar-refractivity contribution is 6.27. The Balaban J connectivity index is 0.000000413. The Labute approximate surface area is 139 Å². The fraction of sp³-hybridized carbons (Fsp3) is 0.467. The first kappa shape index (κ1) is 19.5. The van der Waals surface area contributed by atoms with E-state index in [2.05, 4.69) is 16.8 Å². The van der Waals surface area contributed by atoms with Crippen LogP contribution in [0.5, 0.6) is 0 Å². The molecule has 1 aliphatic heterocycles. The summed E-state index contributed by atoms with van der Waals surface area (Å²) >= 11 is 0. The first-order valence-electron chi connectivity index (χ1n) is 7.40. The molecule has 2 rings (SSSR count). The van der Waals surface area contributed by atoms with Crippen molar-refractivity contribution in [3.05, 3.63) is 39.9 Å². The molecule has 9 heteroatoms. The molecule has 1 aromatic carbocycles. The van der Waals surface area contributed by atoms with Gasteiger partial charge in [-0.25, -0.2) is 9.59 Å². The van der Waals surface area contributed by atoms with Crippen molar-refractivity contribution in [3.8, 4) is 0 Å². The number of nitrogens with zero attached hydrogens (tertiary/aromatic N) is 3. The molecule has 1 fully saturated rings. The van der Waals surface area contributed by atoms with Gasteiger partial charge in [-0.05, 0) is 32.1 Å². The van der Waals surface area contributed by atoms with E-state index in [-0.39, 0.29) is 10.6 Å². The van der Waals surface area contributed by atoms with Crippen molar-refractivity contribution in [1.82, 2.24) is 9.80 Å². The number of carboxylic acids is 2. The molecule has 0 unspecified atom stereocenters. The number of carboxylic acid groups (broad SMARTS) is 2. The van der Waals surface area contributed by atoms with Crippen LogP contribution in [-0.2, 0) is 16.1 Å². The Bertz CT molecular complexity index is 580. The van der Waals surface area contributed by atoms with Gasteiger partial charge in [0.25, 0.3) is 5.69 Å². The molecule has 0 aromatic heterocycles. The van der Waals surface area contributed by atoms with Crippen LogP contribution in [-0.4, -0.2) is 70.1 Å². The third-order valence-corrected chi connectivity index (χ3v) is 3.52. The van der Waals surface area contributed by atoms with Crippen LogP contribution < -0.4 is 0 Å². The normalized spacial score (nSPS) is 15.7. The maximum Gasteiger partial charge on any atom is 0.414 e. The molecule has 1 heterocycles. The number of nitro benzene ring substituents is 1. The molecule has 0 aliphatic carbocycles. The van der Waals surface area contributed by atoms with Crippen LogP contribution >= 0.6 is 0 Å². The minimum Gasteiger partial charge on any atom is -0.473 e. The van der Waals surface area contributed by atoms with Crippen LogP contribution in [0, 0.1) is 10.1 Å². The fourth-order valence-corrected chi connectivity index (χ4v) is 2.28. The molecule has 9 nitrogen and oxygen atoms in total. The fourth-order valence-electron chi connectivity index (χ4n) is 2.28. The van der Waals surface area contributed by atoms with E-state index in [1.165, 1.54) is 0 Å². The number of benzene rings is 1. The molecule has 0 spiro atoms. The Hall–Kier alpha value is -2.52. The zero-order chi connectivity index (χ0) is 18.1. The van der Waals surface area contributed by atoms with Gasteiger partial charge < -0.3 is 15.1 Å². The van der Waals surface area contributed by atoms with Crippen molar-refractivity contribution in [2.45, 2.75) is 13.0 Å². The standard InChI is InChI=1S/C13H19N3O2.C2H2O4/c1-14-6-3-7-15(9-8-14)11-12-4-2-5-13(10-12)16(17)18;3-1(4)2(5)6/h2,4-5,10H,3,6-9,11H2,1H3;(H,3,4)(H,5,6). The number of hydrogen-bond donors (Lipinski definition) is 2. The van der Waals surface area contributed by atoms with Gasteiger partial charge in [0.05, 0.1) is 4.92 Å². The monoisotopic (exact) mass is 339 g/mol. The highest BCUT2D eigenvalue weighted by Crippen LogP contribution is 2.15. The molecule has 0 atom stereocenters. The molecular weight excluding hydrogens is 318 g/mol. The van der Waals surface area contributed by atoms with E-state index in [0.717, 1.165) is 44.7 Å². The quantitative estimate of drug-likeness (QED) is 0.472. The Kier molecular flexibility index (Phi) is 7.80. The van der Waals surface area contributed by atoms with Crippen molar-refractivity contribution < 1.29 is 24.7 Å². The number of rotatable bonds is 3. The predicted octanol–water partition coefficient (Wildman–Crippen LogP) is 0.888. The summed E-state index contributed by atoms with van der Waals surface area (Å²) in [4.78, 5) is 33.3. The van der Waals surface area contributed by atoms with Crippen molar-refractivity contribution in [1.29, 1.82) is 0 Å². The summed E-state index contributed by atoms with van der Waals surface area (Å²) in [6.45, 7) is 5.09. The van der Waals surface area contributed by atoms with E-state index in [9.17, 15) is 10.1 Å². The van der Waals surface area contributed by atoms with E-state index in [0.29, 0.717) is 0 Å². The second-order valence-corrected chi connectivity index (χ2v) is 5.47. The highest BCUT2D eigenvalue weighted by atomic mass is 16.6. The predicted molar refractivity (Wildman–Crippen MR) is 85.8 cm³/mol. The number of likely N-dealkylation sites (N-methyl/N-ethyl adjacent to an activating group) is 1. The average molecular weight is 339 g/mol. The van der Waals surface area contributed by atoms with Gasteiger partial charge in [0.1, 0.15) is 0 Å². The smallest absolute Gasteiger partial charge is 0.414 e. The molecule has 1 saturated heterocycles. The number of aliphatic carboxylic acids is 2. The van der Waals surface area contributed by atoms with Gasteiger partial charge in [0.2, 0.25) is 0 Å². The zero-order valence-electron chi connectivity index (χ0n) is 13.4. The Morgan fingerprint density at radius 3 is 2.42 bits per heavy atom. The molecule has 0 radical (unpaired) electrons. The second kappa shape index (κ2) is 9.58. The summed E-state index contributed by atoms with van der Waals surface area (Å²) in [7, 11) is 2.14. The lowest BCUT2D eigenvalue weighted by molar-refractivity contribution is -0.384. The van der Waals surface area contributed by atoms with Gasteiger partial charge in [-0.15, -0.1) is 0 Å². The zero-order valence-corrected chi connectivity index (χ0v) is 13.4. The van der Waals surface area contributed by atoms with E-state index in [1.54, 1.807) is 18.2 Å². The average Bonchev–Trinajstić information content (AvgIpc) is 2.73. The Morgan fingerprint density at radius 2 is 1.83 bits per heavy atom. The van der Waals surface area contributed by atoms with Crippen LogP contribution in [0.3, 0.4) is 0 Å². The van der Waals surface area contributed by atoms with Gasteiger partial charge in [0.15, 0.2) is 0 Å². The van der Waals surface area contributed by atoms with Crippen LogP contribution in [0.1, 0.15) is 12.0 Å². The van der Waals surface area contributed by atoms with Crippen molar-refractivity contribution in [2.75, 3.05) is 33.2 Å². The molecule has 1 aromatic rings. The summed E-state index contributed by atoms with van der Waals surface area (Å²) in [5.74, 6) is -3.65. The van der Waals surface area contributed by atoms with E-state index in [1.807, 2.05) is 6.07 Å². The lowest BCUT2D eigenvalue weighted by Crippen LogP contribution is -2.28. The molecule has 1 aliphatic rings. The van der Waals surface area contributed by atoms with Crippen LogP contribution in [0.4, 0.5) is 5.69 Å². The Morgan fingerprint density at radius 1 is 1.17 bits per heavy atom. The van der Waals surface area contributed by atoms with E-state index >= 15 is 0 Å². The molecule has 0 amide bonds. The molecule has 0 bridgehead atoms. The lowest BCUT2D eigenvalue weighted by atomic mass is 10.2. The highest BCUT2D eigenvalue weighted by Gasteiger charge is 2.13. The molecule has 24 heavy (non-hydrogen) atoms. The molecule has 2 N–H and O–H groups in total. The van der Waals surface area contributed by atoms with Crippen LogP contribution in [0.15, 0.2) is 24.3 Å². The number of nitro groups is 1. The molecule has 132 valence electrons. The van der Waals surface area contributed by atoms with Crippen molar-refractivity contribution in [2.24, 2.45) is 0 Å². The summed E-state index contributed by atoms with van der Waals surface area (Å²) in [6.07, 6.45) is 1.16. The van der Waals surface area contributed by atoms with E-state index in [4.69, 9.17) is 19.8 Å². The maximum absolute atomic E-state index is 10.7. The number of carbonyl (C=O) groups is 2. The van der Waals surface area contributed by atoms with Gasteiger partial charge in [-0.1, -0.05) is 12.1 Å². The van der Waals surface area contributed by atoms with Gasteiger partial charge in [-0.2, -0.15) is 0 Å². The maximum atomic E-state index is 10.7. The first-order valence-corrected chi connectivity index (χ1v) is 7.40. The summed E-state index contributed by atoms with van der Waals surface area (Å²) in [5.41, 5.74) is 1.20. The first-order chi connectivity index (χ1) is 11.3. The van der Waals surface area contributed by atoms with Crippen LogP contribution in [0.25, 0.3) is 0 Å². The third-order valence-electron chi connectivity index (χ3n) is 3.52. The second-order valence-electron chi connectivity index (χ2n) is 5.47. The lowest BCUT2D eigenvalue weighted by Gasteiger charge is -2.19. The van der Waals surface area contributed by atoms with Crippen LogP contribution in [0.2, 0.25) is 0 Å². The number of non-ortho nitro benzene ring substituents is 1. The van der Waals surface area contributed by atoms with Gasteiger partial charge in [0, 0.05) is 31.8 Å². The van der Waals surface area contributed by atoms with Crippen molar-refractivity contribution in [3.63, 3.8) is 0 Å². The SMILES string of the molecule is CN1CCCN(Cc2cccc([N+](=O)[O-])c2)CC1.O=C(O)C(=O)O. The molecule has 0 saturated carbocycles. The minimum atomic E-state index is -1.82. The summed E-state index contributed by atoms with van der Waals surface area (Å²) < 4.78 is 0.